The summed E-state index contributed by atoms with van der Waals surface area (Å²) in [6.45, 7) is 0.1000. The first kappa shape index (κ1) is 11.4. The van der Waals surface area contributed by atoms with E-state index < -0.39 is 17.6 Å². The van der Waals surface area contributed by atoms with Crippen LogP contribution < -0.4 is 15.9 Å². The number of fused-ring (bicyclic) bond motifs is 1. The van der Waals surface area contributed by atoms with E-state index in [1.54, 1.807) is 5.38 Å². The minimum absolute atomic E-state index is 0.0512. The van der Waals surface area contributed by atoms with Gasteiger partial charge in [-0.15, -0.1) is 11.3 Å². The molecule has 6 nitrogen and oxygen atoms in total. The van der Waals surface area contributed by atoms with E-state index in [4.69, 9.17) is 10.6 Å². The smallest absolute Gasteiger partial charge is 0.282 e. The maximum absolute atomic E-state index is 14.6. The summed E-state index contributed by atoms with van der Waals surface area (Å²) in [6.07, 6.45) is -0.268. The van der Waals surface area contributed by atoms with Crippen LogP contribution in [0.3, 0.4) is 0 Å². The molecule has 0 spiro atoms. The second-order valence-corrected chi connectivity index (χ2v) is 5.12. The van der Waals surface area contributed by atoms with Gasteiger partial charge in [-0.2, -0.15) is 0 Å². The van der Waals surface area contributed by atoms with Gasteiger partial charge in [-0.25, -0.2) is 4.39 Å². The van der Waals surface area contributed by atoms with Gasteiger partial charge in [0.2, 0.25) is 5.91 Å². The Kier molecular flexibility index (Phi) is 2.32. The number of nitrogens with one attached hydrogen (secondary N) is 1. The second kappa shape index (κ2) is 3.66. The topological polar surface area (TPSA) is 84.7 Å². The molecule has 2 aliphatic rings. The molecule has 3 rings (SSSR count). The Morgan fingerprint density at radius 2 is 2.33 bits per heavy atom. The summed E-state index contributed by atoms with van der Waals surface area (Å²) in [5.41, 5.74) is 6.40. The Bertz CT molecular complexity index is 546. The number of alkyl halides is 1. The molecular formula is C10H10FN3O3S. The van der Waals surface area contributed by atoms with Gasteiger partial charge in [0.05, 0.1) is 11.5 Å². The van der Waals surface area contributed by atoms with Crippen molar-refractivity contribution in [3.8, 4) is 5.75 Å². The molecule has 0 aromatic carbocycles. The second-order valence-electron chi connectivity index (χ2n) is 4.21. The van der Waals surface area contributed by atoms with E-state index in [1.165, 1.54) is 11.3 Å². The van der Waals surface area contributed by atoms with Crippen LogP contribution in [0.2, 0.25) is 0 Å². The van der Waals surface area contributed by atoms with Crippen LogP contribution in [-0.2, 0) is 16.1 Å². The predicted molar refractivity (Wildman–Crippen MR) is 61.1 cm³/mol. The van der Waals surface area contributed by atoms with Gasteiger partial charge >= 0.3 is 0 Å². The largest absolute Gasteiger partial charge is 0.401 e. The Morgan fingerprint density at radius 1 is 1.56 bits per heavy atom. The minimum atomic E-state index is -2.32. The molecule has 1 atom stereocenters. The number of hydroxylamine groups is 2. The van der Waals surface area contributed by atoms with Gasteiger partial charge in [0.25, 0.3) is 11.7 Å². The van der Waals surface area contributed by atoms with Gasteiger partial charge in [0.1, 0.15) is 0 Å². The number of carbonyl (C=O) groups excluding carboxylic acids is 2. The number of hydrogen-bond donors (Lipinski definition) is 2. The van der Waals surface area contributed by atoms with Crippen molar-refractivity contribution < 1.29 is 18.8 Å². The molecule has 0 bridgehead atoms. The monoisotopic (exact) mass is 271 g/mol. The average Bonchev–Trinajstić information content (AvgIpc) is 2.88. The highest BCUT2D eigenvalue weighted by Gasteiger charge is 2.52. The number of anilines is 1. The molecule has 8 heteroatoms. The fourth-order valence-electron chi connectivity index (χ4n) is 2.02. The van der Waals surface area contributed by atoms with Crippen molar-refractivity contribution in [2.75, 3.05) is 5.73 Å². The van der Waals surface area contributed by atoms with Gasteiger partial charge in [-0.05, 0) is 0 Å². The van der Waals surface area contributed by atoms with E-state index in [1.807, 2.05) is 5.32 Å². The van der Waals surface area contributed by atoms with Crippen LogP contribution >= 0.6 is 11.3 Å². The highest BCUT2D eigenvalue weighted by Crippen LogP contribution is 2.42. The molecule has 1 aromatic heterocycles. The zero-order valence-electron chi connectivity index (χ0n) is 9.23. The third-order valence-corrected chi connectivity index (χ3v) is 3.91. The van der Waals surface area contributed by atoms with E-state index >= 15 is 0 Å². The van der Waals surface area contributed by atoms with Crippen molar-refractivity contribution in [3.05, 3.63) is 10.9 Å². The van der Waals surface area contributed by atoms with Crippen LogP contribution in [0.15, 0.2) is 5.38 Å². The lowest BCUT2D eigenvalue weighted by Gasteiger charge is -2.33. The van der Waals surface area contributed by atoms with Crippen molar-refractivity contribution in [1.29, 1.82) is 0 Å². The highest BCUT2D eigenvalue weighted by atomic mass is 32.1. The third-order valence-electron chi connectivity index (χ3n) is 3.08. The van der Waals surface area contributed by atoms with Crippen molar-refractivity contribution in [1.82, 2.24) is 10.4 Å². The van der Waals surface area contributed by atoms with E-state index in [0.29, 0.717) is 16.3 Å². The molecule has 3 heterocycles. The summed E-state index contributed by atoms with van der Waals surface area (Å²) in [5, 5.41) is 5.14. The van der Waals surface area contributed by atoms with Crippen molar-refractivity contribution >= 4 is 28.2 Å². The molecular weight excluding hydrogens is 261 g/mol. The summed E-state index contributed by atoms with van der Waals surface area (Å²) in [6, 6.07) is 0. The van der Waals surface area contributed by atoms with Crippen LogP contribution in [0.4, 0.5) is 9.39 Å². The zero-order chi connectivity index (χ0) is 12.9. The number of imide groups is 1. The Morgan fingerprint density at radius 3 is 3.00 bits per heavy atom. The van der Waals surface area contributed by atoms with E-state index in [0.717, 1.165) is 5.06 Å². The number of rotatable bonds is 1. The molecule has 1 aromatic rings. The Labute approximate surface area is 105 Å². The average molecular weight is 271 g/mol. The molecule has 2 aliphatic heterocycles. The maximum Gasteiger partial charge on any atom is 0.282 e. The molecule has 0 radical (unpaired) electrons. The minimum Gasteiger partial charge on any atom is -0.401 e. The first-order valence-electron chi connectivity index (χ1n) is 5.35. The van der Waals surface area contributed by atoms with Crippen LogP contribution in [0.5, 0.6) is 5.75 Å². The summed E-state index contributed by atoms with van der Waals surface area (Å²) < 4.78 is 14.6. The molecule has 3 N–H and O–H groups in total. The number of thiophene rings is 1. The lowest BCUT2D eigenvalue weighted by molar-refractivity contribution is -0.208. The van der Waals surface area contributed by atoms with Gasteiger partial charge in [0.15, 0.2) is 5.75 Å². The first-order valence-corrected chi connectivity index (χ1v) is 6.23. The summed E-state index contributed by atoms with van der Waals surface area (Å²) in [5.74, 6) is -3.30. The SMILES string of the molecule is Nc1scc2c1CN([C@@]1(F)CCC(=O)NC1=O)O2. The molecule has 96 valence electrons. The number of nitrogens with zero attached hydrogens (tertiary/aromatic N) is 1. The van der Waals surface area contributed by atoms with Crippen molar-refractivity contribution in [2.24, 2.45) is 0 Å². The Hall–Kier alpha value is -1.67. The summed E-state index contributed by atoms with van der Waals surface area (Å²) in [4.78, 5) is 27.9. The fraction of sp³-hybridized carbons (Fsp3) is 0.400. The molecule has 0 aliphatic carbocycles. The molecule has 18 heavy (non-hydrogen) atoms. The fourth-order valence-corrected chi connectivity index (χ4v) is 2.75. The Balaban J connectivity index is 1.85. The zero-order valence-corrected chi connectivity index (χ0v) is 10.1. The molecule has 2 amide bonds. The van der Waals surface area contributed by atoms with Crippen LogP contribution in [0.25, 0.3) is 0 Å². The van der Waals surface area contributed by atoms with E-state index in [2.05, 4.69) is 0 Å². The number of nitrogens with two attached hydrogens (primary N) is 1. The molecule has 1 saturated heterocycles. The number of piperidine rings is 1. The van der Waals surface area contributed by atoms with Gasteiger partial charge < -0.3 is 10.6 Å². The van der Waals surface area contributed by atoms with Crippen LogP contribution in [0.1, 0.15) is 18.4 Å². The van der Waals surface area contributed by atoms with Gasteiger partial charge in [-0.3, -0.25) is 14.9 Å². The van der Waals surface area contributed by atoms with Crippen LogP contribution in [-0.4, -0.2) is 22.7 Å². The lowest BCUT2D eigenvalue weighted by Crippen LogP contribution is -2.60. The number of amides is 2. The van der Waals surface area contributed by atoms with Crippen molar-refractivity contribution in [3.63, 3.8) is 0 Å². The van der Waals surface area contributed by atoms with Gasteiger partial charge in [0, 0.05) is 23.8 Å². The summed E-state index contributed by atoms with van der Waals surface area (Å²) in [7, 11) is 0. The number of carbonyl (C=O) groups is 2. The highest BCUT2D eigenvalue weighted by molar-refractivity contribution is 7.14. The number of hydrogen-bond acceptors (Lipinski definition) is 6. The normalized spacial score (nSPS) is 27.8. The van der Waals surface area contributed by atoms with Gasteiger partial charge in [-0.1, -0.05) is 5.06 Å². The summed E-state index contributed by atoms with van der Waals surface area (Å²) >= 11 is 1.30. The number of nitrogen functional groups attached to an aromatic ring is 1. The van der Waals surface area contributed by atoms with E-state index in [9.17, 15) is 14.0 Å². The standard InChI is InChI=1S/C10H10FN3O3S/c11-10(2-1-7(15)13-9(10)16)14-3-5-6(17-14)4-18-8(5)12/h4H,1-3,12H2,(H,13,15,16)/t10-/m0/s1. The lowest BCUT2D eigenvalue weighted by atomic mass is 10.0. The third kappa shape index (κ3) is 1.49. The van der Waals surface area contributed by atoms with Crippen molar-refractivity contribution in [2.45, 2.75) is 25.2 Å². The molecule has 0 unspecified atom stereocenters. The molecule has 0 saturated carbocycles. The molecule has 1 fully saturated rings. The quantitative estimate of drug-likeness (QED) is 0.575. The predicted octanol–water partition coefficient (Wildman–Crippen LogP) is 0.542. The van der Waals surface area contributed by atoms with Crippen LogP contribution in [0, 0.1) is 0 Å². The first-order chi connectivity index (χ1) is 8.50. The maximum atomic E-state index is 14.6. The van der Waals surface area contributed by atoms with E-state index in [-0.39, 0.29) is 19.4 Å². The number of halogens is 1.